The first-order chi connectivity index (χ1) is 16.4. The number of thioether (sulfide) groups is 1. The first kappa shape index (κ1) is 24.5. The molecule has 2 fully saturated rings. The van der Waals surface area contributed by atoms with Crippen LogP contribution in [-0.2, 0) is 14.3 Å². The van der Waals surface area contributed by atoms with Crippen molar-refractivity contribution >= 4 is 63.5 Å². The lowest BCUT2D eigenvalue weighted by molar-refractivity contribution is -0.137. The van der Waals surface area contributed by atoms with Gasteiger partial charge in [-0.15, -0.1) is 0 Å². The van der Waals surface area contributed by atoms with E-state index in [1.165, 1.54) is 23.8 Å². The van der Waals surface area contributed by atoms with Gasteiger partial charge in [0.2, 0.25) is 0 Å². The molecule has 0 radical (unpaired) electrons. The van der Waals surface area contributed by atoms with Gasteiger partial charge in [0.05, 0.1) is 30.9 Å². The number of carbonyl (C=O) groups excluding carboxylic acids is 2. The zero-order chi connectivity index (χ0) is 24.2. The van der Waals surface area contributed by atoms with Gasteiger partial charge in [-0.1, -0.05) is 47.7 Å². The Morgan fingerprint density at radius 2 is 1.97 bits per heavy atom. The van der Waals surface area contributed by atoms with Crippen molar-refractivity contribution in [3.8, 4) is 11.5 Å². The third-order valence-electron chi connectivity index (χ3n) is 5.41. The highest BCUT2D eigenvalue weighted by molar-refractivity contribution is 8.27. The van der Waals surface area contributed by atoms with E-state index < -0.39 is 0 Å². The summed E-state index contributed by atoms with van der Waals surface area (Å²) in [6, 6.07) is 10.7. The third kappa shape index (κ3) is 5.38. The van der Waals surface area contributed by atoms with Crippen LogP contribution in [0.5, 0.6) is 11.5 Å². The molecule has 10 heteroatoms. The molecule has 0 aromatic heterocycles. The molecule has 0 N–H and O–H groups in total. The molecule has 7 nitrogen and oxygen atoms in total. The number of ether oxygens (including phenoxy) is 3. The standard InChI is InChI=1S/C24H23ClN2O5S2/c1-15-3-5-17(13-18(15)25)27-23(29)21(34-24(27)33)12-16-4-6-19(20(11-16)30-2)32-14-22(28)26-7-9-31-10-8-26/h3-6,11-13H,7-10,14H2,1-2H3/b21-12-. The number of rotatable bonds is 6. The van der Waals surface area contributed by atoms with Crippen LogP contribution < -0.4 is 14.4 Å². The normalized spacial score (nSPS) is 17.4. The van der Waals surface area contributed by atoms with Crippen molar-refractivity contribution in [3.05, 3.63) is 57.5 Å². The summed E-state index contributed by atoms with van der Waals surface area (Å²) in [5, 5.41) is 0.572. The number of methoxy groups -OCH3 is 1. The molecule has 34 heavy (non-hydrogen) atoms. The maximum Gasteiger partial charge on any atom is 0.270 e. The number of halogens is 1. The second-order valence-corrected chi connectivity index (χ2v) is 9.73. The van der Waals surface area contributed by atoms with Crippen LogP contribution in [0.25, 0.3) is 6.08 Å². The molecule has 2 aliphatic rings. The molecule has 2 aromatic rings. The van der Waals surface area contributed by atoms with Crippen LogP contribution in [0.4, 0.5) is 5.69 Å². The molecule has 178 valence electrons. The number of morpholine rings is 1. The van der Waals surface area contributed by atoms with Crippen molar-refractivity contribution in [2.45, 2.75) is 6.92 Å². The van der Waals surface area contributed by atoms with E-state index in [0.29, 0.717) is 57.7 Å². The van der Waals surface area contributed by atoms with Crippen LogP contribution in [0.2, 0.25) is 5.02 Å². The van der Waals surface area contributed by atoms with Crippen molar-refractivity contribution in [1.82, 2.24) is 4.90 Å². The second-order valence-electron chi connectivity index (χ2n) is 7.64. The van der Waals surface area contributed by atoms with Crippen LogP contribution in [0.1, 0.15) is 11.1 Å². The Hall–Kier alpha value is -2.59. The van der Waals surface area contributed by atoms with Crippen molar-refractivity contribution < 1.29 is 23.8 Å². The Balaban J connectivity index is 1.48. The first-order valence-corrected chi connectivity index (χ1v) is 12.2. The molecule has 0 unspecified atom stereocenters. The summed E-state index contributed by atoms with van der Waals surface area (Å²) in [5.41, 5.74) is 2.30. The number of nitrogens with zero attached hydrogens (tertiary/aromatic N) is 2. The second kappa shape index (κ2) is 10.8. The van der Waals surface area contributed by atoms with Crippen molar-refractivity contribution in [3.63, 3.8) is 0 Å². The molecule has 2 aliphatic heterocycles. The number of benzene rings is 2. The van der Waals surface area contributed by atoms with E-state index in [-0.39, 0.29) is 18.4 Å². The number of carbonyl (C=O) groups is 2. The van der Waals surface area contributed by atoms with E-state index >= 15 is 0 Å². The molecule has 4 rings (SSSR count). The van der Waals surface area contributed by atoms with E-state index in [2.05, 4.69) is 0 Å². The van der Waals surface area contributed by atoms with E-state index in [0.717, 1.165) is 11.1 Å². The predicted molar refractivity (Wildman–Crippen MR) is 138 cm³/mol. The molecule has 2 aromatic carbocycles. The Morgan fingerprint density at radius 1 is 1.21 bits per heavy atom. The van der Waals surface area contributed by atoms with Gasteiger partial charge >= 0.3 is 0 Å². The number of hydrogen-bond donors (Lipinski definition) is 0. The number of amides is 2. The highest BCUT2D eigenvalue weighted by Crippen LogP contribution is 2.38. The average Bonchev–Trinajstić information content (AvgIpc) is 3.12. The summed E-state index contributed by atoms with van der Waals surface area (Å²) in [4.78, 5) is 29.1. The fourth-order valence-corrected chi connectivity index (χ4v) is 4.97. The van der Waals surface area contributed by atoms with E-state index in [4.69, 9.17) is 38.0 Å². The molecule has 2 amide bonds. The Labute approximate surface area is 212 Å². The lowest BCUT2D eigenvalue weighted by Gasteiger charge is -2.26. The average molecular weight is 519 g/mol. The Bertz CT molecular complexity index is 1160. The van der Waals surface area contributed by atoms with Crippen molar-refractivity contribution in [2.75, 3.05) is 44.9 Å². The quantitative estimate of drug-likeness (QED) is 0.417. The van der Waals surface area contributed by atoms with Gasteiger partial charge in [0.25, 0.3) is 11.8 Å². The van der Waals surface area contributed by atoms with Gasteiger partial charge in [-0.25, -0.2) is 0 Å². The lowest BCUT2D eigenvalue weighted by Crippen LogP contribution is -2.43. The fourth-order valence-electron chi connectivity index (χ4n) is 3.50. The number of aryl methyl sites for hydroxylation is 1. The van der Waals surface area contributed by atoms with E-state index in [9.17, 15) is 9.59 Å². The zero-order valence-corrected chi connectivity index (χ0v) is 21.1. The summed E-state index contributed by atoms with van der Waals surface area (Å²) < 4.78 is 16.9. The fraction of sp³-hybridized carbons (Fsp3) is 0.292. The molecule has 0 bridgehead atoms. The molecular formula is C24H23ClN2O5S2. The summed E-state index contributed by atoms with van der Waals surface area (Å²) >= 11 is 12.9. The van der Waals surface area contributed by atoms with Gasteiger partial charge in [0.15, 0.2) is 22.4 Å². The highest BCUT2D eigenvalue weighted by atomic mass is 35.5. The molecule has 2 heterocycles. The molecule has 0 aliphatic carbocycles. The van der Waals surface area contributed by atoms with Crippen molar-refractivity contribution in [2.24, 2.45) is 0 Å². The number of anilines is 1. The Kier molecular flexibility index (Phi) is 7.77. The molecule has 0 saturated carbocycles. The maximum absolute atomic E-state index is 13.1. The smallest absolute Gasteiger partial charge is 0.270 e. The topological polar surface area (TPSA) is 68.3 Å². The van der Waals surface area contributed by atoms with Crippen LogP contribution in [-0.4, -0.2) is 61.1 Å². The highest BCUT2D eigenvalue weighted by Gasteiger charge is 2.33. The Morgan fingerprint density at radius 3 is 2.68 bits per heavy atom. The van der Waals surface area contributed by atoms with Crippen LogP contribution in [0, 0.1) is 6.92 Å². The van der Waals surface area contributed by atoms with Gasteiger partial charge < -0.3 is 19.1 Å². The summed E-state index contributed by atoms with van der Waals surface area (Å²) in [6.07, 6.45) is 1.75. The summed E-state index contributed by atoms with van der Waals surface area (Å²) in [6.45, 7) is 4.00. The van der Waals surface area contributed by atoms with Gasteiger partial charge in [-0.3, -0.25) is 14.5 Å². The monoisotopic (exact) mass is 518 g/mol. The van der Waals surface area contributed by atoms with Crippen molar-refractivity contribution in [1.29, 1.82) is 0 Å². The maximum atomic E-state index is 13.1. The number of hydrogen-bond acceptors (Lipinski definition) is 7. The minimum atomic E-state index is -0.217. The largest absolute Gasteiger partial charge is 0.493 e. The lowest BCUT2D eigenvalue weighted by atomic mass is 10.1. The van der Waals surface area contributed by atoms with E-state index in [1.807, 2.05) is 19.1 Å². The summed E-state index contributed by atoms with van der Waals surface area (Å²) in [7, 11) is 1.52. The van der Waals surface area contributed by atoms with Gasteiger partial charge in [-0.05, 0) is 48.4 Å². The zero-order valence-electron chi connectivity index (χ0n) is 18.7. The van der Waals surface area contributed by atoms with Crippen LogP contribution >= 0.6 is 35.6 Å². The molecular weight excluding hydrogens is 496 g/mol. The van der Waals surface area contributed by atoms with Crippen LogP contribution in [0.15, 0.2) is 41.3 Å². The van der Waals surface area contributed by atoms with E-state index in [1.54, 1.807) is 35.2 Å². The first-order valence-electron chi connectivity index (χ1n) is 10.6. The predicted octanol–water partition coefficient (Wildman–Crippen LogP) is 4.30. The van der Waals surface area contributed by atoms with Gasteiger partial charge in [0, 0.05) is 18.1 Å². The minimum absolute atomic E-state index is 0.0898. The SMILES string of the molecule is COc1cc(/C=C2\SC(=S)N(c3ccc(C)c(Cl)c3)C2=O)ccc1OCC(=O)N1CCOCC1. The minimum Gasteiger partial charge on any atom is -0.493 e. The molecule has 0 spiro atoms. The van der Waals surface area contributed by atoms with Gasteiger partial charge in [-0.2, -0.15) is 0 Å². The van der Waals surface area contributed by atoms with Gasteiger partial charge in [0.1, 0.15) is 0 Å². The summed E-state index contributed by atoms with van der Waals surface area (Å²) in [5.74, 6) is 0.590. The van der Waals surface area contributed by atoms with Crippen LogP contribution in [0.3, 0.4) is 0 Å². The third-order valence-corrected chi connectivity index (χ3v) is 7.12. The molecule has 2 saturated heterocycles. The number of thiocarbonyl (C=S) groups is 1. The molecule has 0 atom stereocenters.